The fourth-order valence-electron chi connectivity index (χ4n) is 1.39. The second kappa shape index (κ2) is 3.23. The largest absolute Gasteiger partial charge is 0.368 e. The van der Waals surface area contributed by atoms with Crippen molar-refractivity contribution in [2.45, 2.75) is 33.6 Å². The van der Waals surface area contributed by atoms with Crippen LogP contribution in [0.3, 0.4) is 0 Å². The summed E-state index contributed by atoms with van der Waals surface area (Å²) in [5.41, 5.74) is 2.47. The molecule has 1 heterocycles. The SMILES string of the molecule is Cc1cnc(C)c(NCC2(C)CC2)n1. The molecule has 0 bridgehead atoms. The van der Waals surface area contributed by atoms with Crippen molar-refractivity contribution < 1.29 is 0 Å². The smallest absolute Gasteiger partial charge is 0.147 e. The molecule has 0 amide bonds. The van der Waals surface area contributed by atoms with Crippen molar-refractivity contribution in [3.63, 3.8) is 0 Å². The van der Waals surface area contributed by atoms with E-state index in [9.17, 15) is 0 Å². The van der Waals surface area contributed by atoms with Gasteiger partial charge in [-0.3, -0.25) is 4.98 Å². The summed E-state index contributed by atoms with van der Waals surface area (Å²) in [6.45, 7) is 7.28. The van der Waals surface area contributed by atoms with Crippen molar-refractivity contribution in [2.75, 3.05) is 11.9 Å². The van der Waals surface area contributed by atoms with Crippen molar-refractivity contribution in [3.8, 4) is 0 Å². The number of rotatable bonds is 3. The highest BCUT2D eigenvalue weighted by molar-refractivity contribution is 5.40. The van der Waals surface area contributed by atoms with Gasteiger partial charge in [-0.1, -0.05) is 6.92 Å². The molecule has 0 atom stereocenters. The van der Waals surface area contributed by atoms with E-state index in [0.29, 0.717) is 5.41 Å². The highest BCUT2D eigenvalue weighted by Gasteiger charge is 2.36. The lowest BCUT2D eigenvalue weighted by molar-refractivity contribution is 0.608. The topological polar surface area (TPSA) is 37.8 Å². The second-order valence-corrected chi connectivity index (χ2v) is 4.61. The molecule has 3 nitrogen and oxygen atoms in total. The number of anilines is 1. The van der Waals surface area contributed by atoms with Crippen LogP contribution in [0.25, 0.3) is 0 Å². The van der Waals surface area contributed by atoms with E-state index in [4.69, 9.17) is 0 Å². The molecule has 1 aliphatic rings. The lowest BCUT2D eigenvalue weighted by Gasteiger charge is -2.12. The molecule has 0 spiro atoms. The van der Waals surface area contributed by atoms with Crippen LogP contribution in [0.15, 0.2) is 6.20 Å². The maximum atomic E-state index is 4.43. The van der Waals surface area contributed by atoms with E-state index in [-0.39, 0.29) is 0 Å². The first-order valence-electron chi connectivity index (χ1n) is 5.13. The highest BCUT2D eigenvalue weighted by atomic mass is 15.0. The zero-order valence-electron chi connectivity index (χ0n) is 9.09. The van der Waals surface area contributed by atoms with Gasteiger partial charge in [0.05, 0.1) is 11.4 Å². The average molecular weight is 191 g/mol. The molecule has 1 aliphatic carbocycles. The Balaban J connectivity index is 2.04. The molecule has 1 aromatic rings. The minimum Gasteiger partial charge on any atom is -0.368 e. The fraction of sp³-hybridized carbons (Fsp3) is 0.636. The summed E-state index contributed by atoms with van der Waals surface area (Å²) in [4.78, 5) is 8.70. The molecular formula is C11H17N3. The van der Waals surface area contributed by atoms with Crippen LogP contribution in [-0.4, -0.2) is 16.5 Å². The van der Waals surface area contributed by atoms with Gasteiger partial charge in [0.15, 0.2) is 0 Å². The Labute approximate surface area is 85.0 Å². The minimum atomic E-state index is 0.512. The number of hydrogen-bond donors (Lipinski definition) is 1. The lowest BCUT2D eigenvalue weighted by atomic mass is 10.1. The predicted molar refractivity (Wildman–Crippen MR) is 57.3 cm³/mol. The third-order valence-corrected chi connectivity index (χ3v) is 2.86. The maximum absolute atomic E-state index is 4.43. The van der Waals surface area contributed by atoms with E-state index in [1.807, 2.05) is 13.8 Å². The van der Waals surface area contributed by atoms with Gasteiger partial charge < -0.3 is 5.32 Å². The molecule has 1 N–H and O–H groups in total. The summed E-state index contributed by atoms with van der Waals surface area (Å²) in [6.07, 6.45) is 4.47. The van der Waals surface area contributed by atoms with Crippen LogP contribution in [0.5, 0.6) is 0 Å². The summed E-state index contributed by atoms with van der Waals surface area (Å²) < 4.78 is 0. The first-order valence-corrected chi connectivity index (χ1v) is 5.13. The molecule has 3 heteroatoms. The van der Waals surface area contributed by atoms with Crippen LogP contribution in [0.1, 0.15) is 31.2 Å². The van der Waals surface area contributed by atoms with E-state index >= 15 is 0 Å². The lowest BCUT2D eigenvalue weighted by Crippen LogP contribution is -2.14. The van der Waals surface area contributed by atoms with Crippen molar-refractivity contribution >= 4 is 5.82 Å². The summed E-state index contributed by atoms with van der Waals surface area (Å²) in [6, 6.07) is 0. The van der Waals surface area contributed by atoms with Gasteiger partial charge in [0, 0.05) is 12.7 Å². The number of aryl methyl sites for hydroxylation is 2. The molecule has 0 aromatic carbocycles. The van der Waals surface area contributed by atoms with Gasteiger partial charge in [-0.15, -0.1) is 0 Å². The molecule has 0 aliphatic heterocycles. The standard InChI is InChI=1S/C11H17N3/c1-8-6-12-9(2)10(14-8)13-7-11(3)4-5-11/h6H,4-5,7H2,1-3H3,(H,13,14). The molecule has 1 fully saturated rings. The van der Waals surface area contributed by atoms with Crippen LogP contribution in [0.2, 0.25) is 0 Å². The van der Waals surface area contributed by atoms with Crippen LogP contribution in [0.4, 0.5) is 5.82 Å². The van der Waals surface area contributed by atoms with E-state index in [2.05, 4.69) is 22.2 Å². The van der Waals surface area contributed by atoms with Crippen molar-refractivity contribution in [1.29, 1.82) is 0 Å². The van der Waals surface area contributed by atoms with Crippen LogP contribution in [-0.2, 0) is 0 Å². The third kappa shape index (κ3) is 2.03. The number of nitrogens with one attached hydrogen (secondary N) is 1. The summed E-state index contributed by atoms with van der Waals surface area (Å²) in [5.74, 6) is 0.943. The van der Waals surface area contributed by atoms with Gasteiger partial charge in [-0.25, -0.2) is 4.98 Å². The summed E-state index contributed by atoms with van der Waals surface area (Å²) in [5, 5.41) is 3.38. The van der Waals surface area contributed by atoms with Gasteiger partial charge >= 0.3 is 0 Å². The van der Waals surface area contributed by atoms with E-state index in [1.165, 1.54) is 12.8 Å². The number of aromatic nitrogens is 2. The second-order valence-electron chi connectivity index (χ2n) is 4.61. The van der Waals surface area contributed by atoms with E-state index in [0.717, 1.165) is 23.8 Å². The van der Waals surface area contributed by atoms with Crippen molar-refractivity contribution in [1.82, 2.24) is 9.97 Å². The molecule has 2 rings (SSSR count). The monoisotopic (exact) mass is 191 g/mol. The molecule has 1 aromatic heterocycles. The Morgan fingerprint density at radius 1 is 1.43 bits per heavy atom. The Hall–Kier alpha value is -1.12. The molecule has 76 valence electrons. The Kier molecular flexibility index (Phi) is 2.17. The van der Waals surface area contributed by atoms with Crippen LogP contribution in [0, 0.1) is 19.3 Å². The van der Waals surface area contributed by atoms with Crippen molar-refractivity contribution in [2.24, 2.45) is 5.41 Å². The Morgan fingerprint density at radius 2 is 2.14 bits per heavy atom. The molecule has 0 saturated heterocycles. The zero-order valence-corrected chi connectivity index (χ0v) is 9.09. The minimum absolute atomic E-state index is 0.512. The molecule has 0 radical (unpaired) electrons. The van der Waals surface area contributed by atoms with Crippen LogP contribution < -0.4 is 5.32 Å². The molecule has 0 unspecified atom stereocenters. The first kappa shape index (κ1) is 9.44. The first-order chi connectivity index (χ1) is 6.59. The third-order valence-electron chi connectivity index (χ3n) is 2.86. The van der Waals surface area contributed by atoms with E-state index < -0.39 is 0 Å². The maximum Gasteiger partial charge on any atom is 0.147 e. The summed E-state index contributed by atoms with van der Waals surface area (Å²) in [7, 11) is 0. The normalized spacial score (nSPS) is 17.9. The van der Waals surface area contributed by atoms with Crippen LogP contribution >= 0.6 is 0 Å². The van der Waals surface area contributed by atoms with Gasteiger partial charge in [0.2, 0.25) is 0 Å². The summed E-state index contributed by atoms with van der Waals surface area (Å²) >= 11 is 0. The average Bonchev–Trinajstić information content (AvgIpc) is 2.87. The number of nitrogens with zero attached hydrogens (tertiary/aromatic N) is 2. The Bertz CT molecular complexity index is 342. The zero-order chi connectivity index (χ0) is 10.2. The quantitative estimate of drug-likeness (QED) is 0.796. The van der Waals surface area contributed by atoms with Gasteiger partial charge in [-0.2, -0.15) is 0 Å². The van der Waals surface area contributed by atoms with E-state index in [1.54, 1.807) is 6.20 Å². The number of hydrogen-bond acceptors (Lipinski definition) is 3. The Morgan fingerprint density at radius 3 is 2.79 bits per heavy atom. The highest BCUT2D eigenvalue weighted by Crippen LogP contribution is 2.44. The molecular weight excluding hydrogens is 174 g/mol. The van der Waals surface area contributed by atoms with Gasteiger partial charge in [0.1, 0.15) is 5.82 Å². The van der Waals surface area contributed by atoms with Gasteiger partial charge in [0.25, 0.3) is 0 Å². The predicted octanol–water partition coefficient (Wildman–Crippen LogP) is 2.31. The molecule has 14 heavy (non-hydrogen) atoms. The van der Waals surface area contributed by atoms with Crippen molar-refractivity contribution in [3.05, 3.63) is 17.6 Å². The fourth-order valence-corrected chi connectivity index (χ4v) is 1.39. The molecule has 1 saturated carbocycles. The van der Waals surface area contributed by atoms with Gasteiger partial charge in [-0.05, 0) is 32.1 Å².